The minimum atomic E-state index is -3.18. The van der Waals surface area contributed by atoms with Crippen molar-refractivity contribution in [2.75, 3.05) is 20.1 Å². The summed E-state index contributed by atoms with van der Waals surface area (Å²) in [6.45, 7) is 3.63. The molecule has 0 spiro atoms. The third-order valence-electron chi connectivity index (χ3n) is 4.23. The average molecular weight is 467 g/mol. The number of carboxylic acids is 2. The number of rotatable bonds is 10. The Labute approximate surface area is 182 Å². The van der Waals surface area contributed by atoms with Gasteiger partial charge in [-0.25, -0.2) is 9.59 Å². The minimum Gasteiger partial charge on any atom is -0.479 e. The summed E-state index contributed by atoms with van der Waals surface area (Å²) in [6.07, 6.45) is -2.96. The third-order valence-corrected chi connectivity index (χ3v) is 4.74. The monoisotopic (exact) mass is 467 g/mol. The second kappa shape index (κ2) is 12.6. The van der Waals surface area contributed by atoms with Gasteiger partial charge in [0.2, 0.25) is 0 Å². The Bertz CT molecular complexity index is 742. The van der Waals surface area contributed by atoms with Crippen LogP contribution in [0.5, 0.6) is 5.88 Å². The van der Waals surface area contributed by atoms with Crippen molar-refractivity contribution in [2.45, 2.75) is 57.3 Å². The smallest absolute Gasteiger partial charge is 0.399 e. The van der Waals surface area contributed by atoms with E-state index in [9.17, 15) is 18.4 Å². The summed E-state index contributed by atoms with van der Waals surface area (Å²) in [5.41, 5.74) is 1.37. The SMILES string of the molecule is CCCCCC(F)(F)Oc1nsnc1C1=CCCN(C)C1.O=C(O)[C@H](O)[C@@H](O)C(=O)O. The number of alkyl halides is 2. The molecule has 0 aliphatic carbocycles. The highest BCUT2D eigenvalue weighted by Gasteiger charge is 2.34. The summed E-state index contributed by atoms with van der Waals surface area (Å²) in [5, 5.41) is 32.5. The molecule has 1 aliphatic rings. The quantitative estimate of drug-likeness (QED) is 0.374. The highest BCUT2D eigenvalue weighted by Crippen LogP contribution is 2.32. The van der Waals surface area contributed by atoms with Crippen LogP contribution in [-0.4, -0.2) is 84.5 Å². The van der Waals surface area contributed by atoms with Gasteiger partial charge >= 0.3 is 18.0 Å². The molecule has 0 amide bonds. The lowest BCUT2D eigenvalue weighted by Crippen LogP contribution is -2.39. The first kappa shape index (κ1) is 26.8. The molecule has 1 aliphatic heterocycles. The molecule has 10 nitrogen and oxygen atoms in total. The first-order chi connectivity index (χ1) is 14.5. The first-order valence-corrected chi connectivity index (χ1v) is 10.3. The summed E-state index contributed by atoms with van der Waals surface area (Å²) < 4.78 is 40.5. The van der Waals surface area contributed by atoms with Crippen LogP contribution in [-0.2, 0) is 9.59 Å². The van der Waals surface area contributed by atoms with Gasteiger partial charge in [0.05, 0.1) is 18.1 Å². The maximum absolute atomic E-state index is 13.8. The molecule has 4 N–H and O–H groups in total. The van der Waals surface area contributed by atoms with Crippen LogP contribution >= 0.6 is 11.7 Å². The third kappa shape index (κ3) is 9.21. The average Bonchev–Trinajstić information content (AvgIpc) is 3.14. The zero-order chi connectivity index (χ0) is 23.6. The van der Waals surface area contributed by atoms with E-state index in [1.807, 2.05) is 20.0 Å². The lowest BCUT2D eigenvalue weighted by Gasteiger charge is -2.23. The maximum atomic E-state index is 13.8. The van der Waals surface area contributed by atoms with Crippen molar-refractivity contribution < 1.29 is 43.5 Å². The van der Waals surface area contributed by atoms with Gasteiger partial charge in [-0.05, 0) is 25.5 Å². The zero-order valence-electron chi connectivity index (χ0n) is 17.2. The number of hydrogen-bond acceptors (Lipinski definition) is 9. The summed E-state index contributed by atoms with van der Waals surface area (Å²) in [6, 6.07) is 0. The number of aliphatic hydroxyl groups is 2. The highest BCUT2D eigenvalue weighted by molar-refractivity contribution is 6.99. The van der Waals surface area contributed by atoms with Crippen molar-refractivity contribution in [2.24, 2.45) is 0 Å². The number of ether oxygens (including phenoxy) is 1. The fourth-order valence-electron chi connectivity index (χ4n) is 2.55. The van der Waals surface area contributed by atoms with Crippen molar-refractivity contribution in [3.8, 4) is 5.88 Å². The largest absolute Gasteiger partial charge is 0.479 e. The normalized spacial score (nSPS) is 16.5. The van der Waals surface area contributed by atoms with Crippen LogP contribution in [0.15, 0.2) is 6.08 Å². The summed E-state index contributed by atoms with van der Waals surface area (Å²) in [5.74, 6) is -3.58. The molecule has 0 fully saturated rings. The van der Waals surface area contributed by atoms with Gasteiger partial charge in [-0.3, -0.25) is 0 Å². The van der Waals surface area contributed by atoms with E-state index in [4.69, 9.17) is 25.2 Å². The molecule has 0 aromatic carbocycles. The number of aliphatic carboxylic acids is 2. The highest BCUT2D eigenvalue weighted by atomic mass is 32.1. The molecule has 176 valence electrons. The van der Waals surface area contributed by atoms with Crippen LogP contribution in [0.2, 0.25) is 0 Å². The fourth-order valence-corrected chi connectivity index (χ4v) is 3.07. The van der Waals surface area contributed by atoms with Gasteiger partial charge in [0, 0.05) is 13.1 Å². The van der Waals surface area contributed by atoms with E-state index in [2.05, 4.69) is 13.6 Å². The number of aliphatic hydroxyl groups excluding tert-OH is 2. The van der Waals surface area contributed by atoms with Crippen LogP contribution in [0.4, 0.5) is 8.78 Å². The van der Waals surface area contributed by atoms with Crippen molar-refractivity contribution in [3.63, 3.8) is 0 Å². The standard InChI is InChI=1S/C14H21F2N3OS.C4H6O6/c1-3-4-5-8-14(15,16)20-13-12(17-21-18-13)11-7-6-9-19(2)10-11;5-1(3(7)8)2(6)4(9)10/h7H,3-6,8-10H2,1-2H3;1-2,5-6H,(H,7,8)(H,9,10)/t;1-,2-/m.1/s1. The minimum absolute atomic E-state index is 0.0388. The van der Waals surface area contributed by atoms with E-state index in [0.717, 1.165) is 43.1 Å². The first-order valence-electron chi connectivity index (χ1n) is 9.57. The fraction of sp³-hybridized carbons (Fsp3) is 0.667. The van der Waals surface area contributed by atoms with Gasteiger partial charge in [-0.15, -0.1) is 4.37 Å². The van der Waals surface area contributed by atoms with Crippen molar-refractivity contribution in [1.29, 1.82) is 0 Å². The van der Waals surface area contributed by atoms with E-state index in [1.165, 1.54) is 0 Å². The Balaban J connectivity index is 0.000000407. The molecule has 0 saturated carbocycles. The molecule has 1 aromatic heterocycles. The van der Waals surface area contributed by atoms with Crippen molar-refractivity contribution in [1.82, 2.24) is 13.6 Å². The zero-order valence-corrected chi connectivity index (χ0v) is 18.0. The molecule has 0 radical (unpaired) electrons. The Morgan fingerprint density at radius 2 is 1.84 bits per heavy atom. The number of carbonyl (C=O) groups is 2. The lowest BCUT2D eigenvalue weighted by molar-refractivity contribution is -0.183. The molecule has 0 unspecified atom stereocenters. The van der Waals surface area contributed by atoms with Crippen molar-refractivity contribution >= 4 is 29.2 Å². The number of carboxylic acid groups (broad SMARTS) is 2. The van der Waals surface area contributed by atoms with Gasteiger partial charge in [-0.2, -0.15) is 13.2 Å². The molecule has 31 heavy (non-hydrogen) atoms. The number of aromatic nitrogens is 2. The van der Waals surface area contributed by atoms with Gasteiger partial charge in [0.1, 0.15) is 5.69 Å². The maximum Gasteiger partial charge on any atom is 0.399 e. The molecule has 2 heterocycles. The molecule has 13 heteroatoms. The molecule has 1 aromatic rings. The second-order valence-electron chi connectivity index (χ2n) is 6.94. The Kier molecular flexibility index (Phi) is 10.9. The van der Waals surface area contributed by atoms with Crippen LogP contribution in [0.3, 0.4) is 0 Å². The van der Waals surface area contributed by atoms with Crippen molar-refractivity contribution in [3.05, 3.63) is 11.8 Å². The number of likely N-dealkylation sites (N-methyl/N-ethyl adjacent to an activating group) is 1. The van der Waals surface area contributed by atoms with E-state index in [0.29, 0.717) is 18.7 Å². The number of hydrogen-bond donors (Lipinski definition) is 4. The molecule has 0 bridgehead atoms. The van der Waals surface area contributed by atoms with E-state index in [1.54, 1.807) is 0 Å². The Morgan fingerprint density at radius 1 is 1.23 bits per heavy atom. The summed E-state index contributed by atoms with van der Waals surface area (Å²) in [7, 11) is 1.99. The predicted octanol–water partition coefficient (Wildman–Crippen LogP) is 1.69. The van der Waals surface area contributed by atoms with Gasteiger partial charge in [0.25, 0.3) is 5.88 Å². The molecule has 2 rings (SSSR count). The van der Waals surface area contributed by atoms with E-state index in [-0.39, 0.29) is 12.3 Å². The van der Waals surface area contributed by atoms with Crippen LogP contribution in [0, 0.1) is 0 Å². The van der Waals surface area contributed by atoms with Crippen LogP contribution in [0.25, 0.3) is 5.57 Å². The topological polar surface area (TPSA) is 153 Å². The second-order valence-corrected chi connectivity index (χ2v) is 7.46. The van der Waals surface area contributed by atoms with Crippen LogP contribution < -0.4 is 4.74 Å². The Hall–Kier alpha value is -2.22. The van der Waals surface area contributed by atoms with Gasteiger partial charge in [0.15, 0.2) is 12.2 Å². The molecule has 2 atom stereocenters. The van der Waals surface area contributed by atoms with Gasteiger partial charge in [-0.1, -0.05) is 25.8 Å². The van der Waals surface area contributed by atoms with Crippen LogP contribution in [0.1, 0.15) is 44.7 Å². The number of unbranched alkanes of at least 4 members (excludes halogenated alkanes) is 2. The molecule has 0 saturated heterocycles. The number of halogens is 2. The summed E-state index contributed by atoms with van der Waals surface area (Å²) >= 11 is 0.912. The molecular formula is C18H27F2N3O7S. The summed E-state index contributed by atoms with van der Waals surface area (Å²) in [4.78, 5) is 21.7. The number of nitrogens with zero attached hydrogens (tertiary/aromatic N) is 3. The van der Waals surface area contributed by atoms with Gasteiger partial charge < -0.3 is 30.1 Å². The van der Waals surface area contributed by atoms with E-state index < -0.39 is 30.3 Å². The molecular weight excluding hydrogens is 440 g/mol. The van der Waals surface area contributed by atoms with E-state index >= 15 is 0 Å². The predicted molar refractivity (Wildman–Crippen MR) is 107 cm³/mol. The lowest BCUT2D eigenvalue weighted by atomic mass is 10.1. The Morgan fingerprint density at radius 3 is 2.35 bits per heavy atom.